The highest BCUT2D eigenvalue weighted by atomic mass is 79.9. The number of hydrogen-bond donors (Lipinski definition) is 0. The molecule has 0 bridgehead atoms. The predicted molar refractivity (Wildman–Crippen MR) is 126 cm³/mol. The summed E-state index contributed by atoms with van der Waals surface area (Å²) in [6, 6.07) is 5.25. The Morgan fingerprint density at radius 3 is 2.47 bits per heavy atom. The molecule has 4 aromatic rings. The Hall–Kier alpha value is -3.47. The van der Waals surface area contributed by atoms with E-state index in [9.17, 15) is 18.9 Å². The summed E-state index contributed by atoms with van der Waals surface area (Å²) in [6.45, 7) is 1.54. The van der Waals surface area contributed by atoms with Gasteiger partial charge in [-0.1, -0.05) is 0 Å². The molecule has 1 aliphatic heterocycles. The minimum absolute atomic E-state index is 0.0176. The summed E-state index contributed by atoms with van der Waals surface area (Å²) < 4.78 is 31.8. The molecule has 34 heavy (non-hydrogen) atoms. The average molecular weight is 529 g/mol. The van der Waals surface area contributed by atoms with Crippen LogP contribution in [0.4, 0.5) is 20.4 Å². The van der Waals surface area contributed by atoms with Gasteiger partial charge in [-0.3, -0.25) is 15.1 Å². The van der Waals surface area contributed by atoms with Gasteiger partial charge in [0.2, 0.25) is 5.95 Å². The largest absolute Gasteiger partial charge is 0.341 e. The Morgan fingerprint density at radius 1 is 1.06 bits per heavy atom. The zero-order chi connectivity index (χ0) is 23.8. The normalized spacial score (nSPS) is 14.6. The van der Waals surface area contributed by atoms with Crippen LogP contribution in [0.1, 0.15) is 30.0 Å². The SMILES string of the molecule is O=[N+]([O-])c1cc(F)c2c(ccn2Cc2ncc(C3CCN(c4ncc(Br)cn4)CC3)cc2F)c1. The first-order valence-corrected chi connectivity index (χ1v) is 11.5. The van der Waals surface area contributed by atoms with Gasteiger partial charge in [0.25, 0.3) is 5.69 Å². The van der Waals surface area contributed by atoms with Crippen molar-refractivity contribution in [3.63, 3.8) is 0 Å². The van der Waals surface area contributed by atoms with Crippen molar-refractivity contribution in [1.82, 2.24) is 19.5 Å². The fourth-order valence-corrected chi connectivity index (χ4v) is 4.59. The van der Waals surface area contributed by atoms with Gasteiger partial charge in [0.05, 0.1) is 33.2 Å². The van der Waals surface area contributed by atoms with Crippen LogP contribution in [-0.4, -0.2) is 37.5 Å². The number of non-ortho nitro benzene ring substituents is 1. The minimum Gasteiger partial charge on any atom is -0.341 e. The fraction of sp³-hybridized carbons (Fsp3) is 0.261. The summed E-state index contributed by atoms with van der Waals surface area (Å²) in [6.07, 6.45) is 8.34. The lowest BCUT2D eigenvalue weighted by molar-refractivity contribution is -0.384. The van der Waals surface area contributed by atoms with E-state index in [-0.39, 0.29) is 29.4 Å². The van der Waals surface area contributed by atoms with Gasteiger partial charge in [-0.2, -0.15) is 0 Å². The lowest BCUT2D eigenvalue weighted by Gasteiger charge is -2.32. The van der Waals surface area contributed by atoms with Crippen LogP contribution in [0.5, 0.6) is 0 Å². The number of pyridine rings is 1. The maximum Gasteiger partial charge on any atom is 0.273 e. The first-order chi connectivity index (χ1) is 16.4. The van der Waals surface area contributed by atoms with E-state index >= 15 is 0 Å². The third kappa shape index (κ3) is 4.35. The van der Waals surface area contributed by atoms with Gasteiger partial charge in [-0.05, 0) is 52.4 Å². The van der Waals surface area contributed by atoms with Crippen LogP contribution in [0.15, 0.2) is 53.5 Å². The lowest BCUT2D eigenvalue weighted by atomic mass is 9.90. The van der Waals surface area contributed by atoms with Crippen molar-refractivity contribution in [1.29, 1.82) is 0 Å². The van der Waals surface area contributed by atoms with Gasteiger partial charge in [-0.15, -0.1) is 0 Å². The van der Waals surface area contributed by atoms with Crippen molar-refractivity contribution in [3.05, 3.63) is 86.5 Å². The number of nitro groups is 1. The van der Waals surface area contributed by atoms with Gasteiger partial charge < -0.3 is 9.47 Å². The van der Waals surface area contributed by atoms with Gasteiger partial charge in [0.15, 0.2) is 5.82 Å². The number of rotatable bonds is 5. The van der Waals surface area contributed by atoms with E-state index in [1.54, 1.807) is 30.9 Å². The molecular formula is C23H19BrF2N6O2. The molecule has 0 radical (unpaired) electrons. The fourth-order valence-electron chi connectivity index (χ4n) is 4.38. The number of halogens is 3. The first-order valence-electron chi connectivity index (χ1n) is 10.7. The van der Waals surface area contributed by atoms with Gasteiger partial charge in [0.1, 0.15) is 5.82 Å². The zero-order valence-electron chi connectivity index (χ0n) is 17.9. The van der Waals surface area contributed by atoms with Gasteiger partial charge >= 0.3 is 0 Å². The molecule has 0 aliphatic carbocycles. The van der Waals surface area contributed by atoms with E-state index in [1.165, 1.54) is 16.7 Å². The molecule has 0 amide bonds. The molecule has 0 spiro atoms. The third-order valence-corrected chi connectivity index (χ3v) is 6.53. The average Bonchev–Trinajstić information content (AvgIpc) is 3.24. The molecule has 0 unspecified atom stereocenters. The van der Waals surface area contributed by atoms with Gasteiger partial charge in [0, 0.05) is 49.3 Å². The monoisotopic (exact) mass is 528 g/mol. The minimum atomic E-state index is -0.729. The van der Waals surface area contributed by atoms with E-state index in [0.717, 1.165) is 42.0 Å². The van der Waals surface area contributed by atoms with Crippen molar-refractivity contribution in [3.8, 4) is 0 Å². The zero-order valence-corrected chi connectivity index (χ0v) is 19.5. The number of fused-ring (bicyclic) bond motifs is 1. The second kappa shape index (κ2) is 9.05. The Balaban J connectivity index is 1.30. The standard InChI is InChI=1S/C23H19BrF2N6O2/c24-17-11-28-23(29-12-17)30-4-1-14(2-5-30)16-8-19(25)21(27-10-16)13-31-6-3-15-7-18(32(33)34)9-20(26)22(15)31/h3,6-12,14H,1-2,4-5,13H2. The second-order valence-corrected chi connectivity index (χ2v) is 9.14. The van der Waals surface area contributed by atoms with E-state index in [0.29, 0.717) is 11.3 Å². The smallest absolute Gasteiger partial charge is 0.273 e. The first kappa shape index (κ1) is 22.3. The molecule has 1 saturated heterocycles. The van der Waals surface area contributed by atoms with Crippen molar-refractivity contribution >= 4 is 38.5 Å². The predicted octanol–water partition coefficient (Wildman–Crippen LogP) is 5.21. The molecule has 174 valence electrons. The molecule has 1 aliphatic rings. The molecule has 4 heterocycles. The Bertz CT molecular complexity index is 1370. The van der Waals surface area contributed by atoms with Crippen LogP contribution in [0.25, 0.3) is 10.9 Å². The summed E-state index contributed by atoms with van der Waals surface area (Å²) in [5.41, 5.74) is 0.865. The van der Waals surface area contributed by atoms with Crippen LogP contribution >= 0.6 is 15.9 Å². The number of anilines is 1. The van der Waals surface area contributed by atoms with E-state index < -0.39 is 16.6 Å². The number of hydrogen-bond acceptors (Lipinski definition) is 6. The summed E-state index contributed by atoms with van der Waals surface area (Å²) in [5, 5.41) is 11.3. The molecule has 3 aromatic heterocycles. The van der Waals surface area contributed by atoms with Crippen molar-refractivity contribution in [2.45, 2.75) is 25.3 Å². The van der Waals surface area contributed by atoms with Gasteiger partial charge in [-0.25, -0.2) is 18.7 Å². The van der Waals surface area contributed by atoms with Crippen LogP contribution < -0.4 is 4.90 Å². The van der Waals surface area contributed by atoms with Crippen LogP contribution in [-0.2, 0) is 6.54 Å². The summed E-state index contributed by atoms with van der Waals surface area (Å²) in [4.78, 5) is 25.4. The van der Waals surface area contributed by atoms with Crippen LogP contribution in [0, 0.1) is 21.7 Å². The molecule has 1 fully saturated rings. The second-order valence-electron chi connectivity index (χ2n) is 8.23. The summed E-state index contributed by atoms with van der Waals surface area (Å²) >= 11 is 3.33. The number of benzene rings is 1. The highest BCUT2D eigenvalue weighted by Crippen LogP contribution is 2.31. The molecule has 5 rings (SSSR count). The molecule has 11 heteroatoms. The summed E-state index contributed by atoms with van der Waals surface area (Å²) in [5.74, 6) is -0.334. The maximum atomic E-state index is 15.0. The highest BCUT2D eigenvalue weighted by molar-refractivity contribution is 9.10. The van der Waals surface area contributed by atoms with Crippen molar-refractivity contribution in [2.75, 3.05) is 18.0 Å². The van der Waals surface area contributed by atoms with Crippen molar-refractivity contribution < 1.29 is 13.7 Å². The van der Waals surface area contributed by atoms with E-state index in [1.807, 2.05) is 0 Å². The maximum absolute atomic E-state index is 15.0. The van der Waals surface area contributed by atoms with E-state index in [2.05, 4.69) is 35.8 Å². The van der Waals surface area contributed by atoms with Crippen LogP contribution in [0.2, 0.25) is 0 Å². The number of nitrogens with zero attached hydrogens (tertiary/aromatic N) is 6. The summed E-state index contributed by atoms with van der Waals surface area (Å²) in [7, 11) is 0. The molecule has 0 atom stereocenters. The molecule has 0 N–H and O–H groups in total. The Labute approximate surface area is 201 Å². The van der Waals surface area contributed by atoms with Crippen molar-refractivity contribution in [2.24, 2.45) is 0 Å². The molecule has 1 aromatic carbocycles. The third-order valence-electron chi connectivity index (χ3n) is 6.12. The highest BCUT2D eigenvalue weighted by Gasteiger charge is 2.24. The van der Waals surface area contributed by atoms with Crippen LogP contribution in [0.3, 0.4) is 0 Å². The number of piperidine rings is 1. The number of nitro benzene ring substituents is 1. The molecule has 8 nitrogen and oxygen atoms in total. The lowest BCUT2D eigenvalue weighted by Crippen LogP contribution is -2.34. The Morgan fingerprint density at radius 2 is 1.79 bits per heavy atom. The van der Waals surface area contributed by atoms with E-state index in [4.69, 9.17) is 0 Å². The number of aromatic nitrogens is 4. The molecule has 0 saturated carbocycles. The topological polar surface area (TPSA) is 90.0 Å². The Kier molecular flexibility index (Phi) is 5.94. The quantitative estimate of drug-likeness (QED) is 0.261. The molecular weight excluding hydrogens is 510 g/mol.